The number of hydrogen-bond donors (Lipinski definition) is 1. The molecule has 0 aliphatic heterocycles. The molecule has 2 rings (SSSR count). The number of anilines is 1. The second kappa shape index (κ2) is 7.27. The molecule has 0 saturated heterocycles. The van der Waals surface area contributed by atoms with Crippen molar-refractivity contribution in [1.29, 1.82) is 0 Å². The molecule has 0 fully saturated rings. The number of furan rings is 1. The monoisotopic (exact) mass is 290 g/mol. The Hall–Kier alpha value is -1.81. The maximum Gasteiger partial charge on any atom is 0.146 e. The SMILES string of the molecule is CCCNC(C)c1ccc(N(C)Cc2ccco2)c(F)c1. The molecule has 0 aliphatic carbocycles. The molecule has 1 unspecified atom stereocenters. The van der Waals surface area contributed by atoms with E-state index in [1.54, 1.807) is 12.3 Å². The molecule has 2 aromatic rings. The van der Waals surface area contributed by atoms with E-state index in [-0.39, 0.29) is 11.9 Å². The molecule has 4 heteroatoms. The predicted molar refractivity (Wildman–Crippen MR) is 83.9 cm³/mol. The molecule has 0 radical (unpaired) electrons. The zero-order valence-corrected chi connectivity index (χ0v) is 12.9. The Balaban J connectivity index is 2.07. The van der Waals surface area contributed by atoms with Crippen molar-refractivity contribution in [2.24, 2.45) is 0 Å². The lowest BCUT2D eigenvalue weighted by Crippen LogP contribution is -2.20. The normalized spacial score (nSPS) is 12.4. The molecule has 1 atom stereocenters. The van der Waals surface area contributed by atoms with Gasteiger partial charge in [0.2, 0.25) is 0 Å². The molecule has 0 bridgehead atoms. The lowest BCUT2D eigenvalue weighted by atomic mass is 10.1. The predicted octanol–water partition coefficient (Wildman–Crippen LogP) is 4.12. The van der Waals surface area contributed by atoms with Crippen LogP contribution in [0.4, 0.5) is 10.1 Å². The molecular weight excluding hydrogens is 267 g/mol. The minimum absolute atomic E-state index is 0.156. The molecule has 1 N–H and O–H groups in total. The summed E-state index contributed by atoms with van der Waals surface area (Å²) in [5.41, 5.74) is 1.55. The van der Waals surface area contributed by atoms with Gasteiger partial charge in [0.1, 0.15) is 11.6 Å². The first-order valence-corrected chi connectivity index (χ1v) is 7.38. The van der Waals surface area contributed by atoms with Gasteiger partial charge in [0.15, 0.2) is 0 Å². The first-order valence-electron chi connectivity index (χ1n) is 7.38. The van der Waals surface area contributed by atoms with Crippen LogP contribution in [0.1, 0.15) is 37.6 Å². The lowest BCUT2D eigenvalue weighted by molar-refractivity contribution is 0.505. The average Bonchev–Trinajstić information content (AvgIpc) is 2.97. The van der Waals surface area contributed by atoms with E-state index in [4.69, 9.17) is 4.42 Å². The largest absolute Gasteiger partial charge is 0.467 e. The molecule has 1 aromatic heterocycles. The highest BCUT2D eigenvalue weighted by molar-refractivity contribution is 5.49. The van der Waals surface area contributed by atoms with Crippen LogP contribution in [0.2, 0.25) is 0 Å². The van der Waals surface area contributed by atoms with Gasteiger partial charge in [0.25, 0.3) is 0 Å². The van der Waals surface area contributed by atoms with E-state index in [1.807, 2.05) is 36.2 Å². The summed E-state index contributed by atoms with van der Waals surface area (Å²) < 4.78 is 19.6. The first-order chi connectivity index (χ1) is 10.1. The third kappa shape index (κ3) is 4.08. The Morgan fingerprint density at radius 2 is 2.14 bits per heavy atom. The van der Waals surface area contributed by atoms with E-state index >= 15 is 0 Å². The number of rotatable bonds is 7. The molecule has 3 nitrogen and oxygen atoms in total. The van der Waals surface area contributed by atoms with Crippen LogP contribution in [0, 0.1) is 5.82 Å². The van der Waals surface area contributed by atoms with Crippen molar-refractivity contribution in [2.45, 2.75) is 32.9 Å². The number of benzene rings is 1. The summed E-state index contributed by atoms with van der Waals surface area (Å²) in [5, 5.41) is 3.37. The standard InChI is InChI=1S/C17H23FN2O/c1-4-9-19-13(2)14-7-8-17(16(18)11-14)20(3)12-15-6-5-10-21-15/h5-8,10-11,13,19H,4,9,12H2,1-3H3. The van der Waals surface area contributed by atoms with E-state index in [1.165, 1.54) is 0 Å². The molecule has 1 aromatic carbocycles. The maximum absolute atomic E-state index is 14.3. The summed E-state index contributed by atoms with van der Waals surface area (Å²) in [6, 6.07) is 9.30. The van der Waals surface area contributed by atoms with Gasteiger partial charge in [-0.15, -0.1) is 0 Å². The Bertz CT molecular complexity index is 554. The fraction of sp³-hybridized carbons (Fsp3) is 0.412. The quantitative estimate of drug-likeness (QED) is 0.831. The van der Waals surface area contributed by atoms with Crippen LogP contribution in [0.3, 0.4) is 0 Å². The van der Waals surface area contributed by atoms with Crippen LogP contribution in [-0.2, 0) is 6.54 Å². The molecule has 0 spiro atoms. The van der Waals surface area contributed by atoms with E-state index in [0.717, 1.165) is 24.3 Å². The van der Waals surface area contributed by atoms with E-state index < -0.39 is 0 Å². The first kappa shape index (κ1) is 15.6. The highest BCUT2D eigenvalue weighted by Crippen LogP contribution is 2.24. The van der Waals surface area contributed by atoms with E-state index in [2.05, 4.69) is 19.2 Å². The molecule has 0 aliphatic rings. The van der Waals surface area contributed by atoms with Crippen molar-refractivity contribution < 1.29 is 8.81 Å². The summed E-state index contributed by atoms with van der Waals surface area (Å²) in [6.45, 7) is 5.65. The Kier molecular flexibility index (Phi) is 5.39. The third-order valence-corrected chi connectivity index (χ3v) is 3.56. The third-order valence-electron chi connectivity index (χ3n) is 3.56. The molecule has 1 heterocycles. The van der Waals surface area contributed by atoms with Crippen LogP contribution in [0.15, 0.2) is 41.0 Å². The van der Waals surface area contributed by atoms with Crippen LogP contribution >= 0.6 is 0 Å². The topological polar surface area (TPSA) is 28.4 Å². The van der Waals surface area contributed by atoms with Crippen LogP contribution in [0.25, 0.3) is 0 Å². The van der Waals surface area contributed by atoms with Crippen LogP contribution < -0.4 is 10.2 Å². The summed E-state index contributed by atoms with van der Waals surface area (Å²) in [5.74, 6) is 0.616. The van der Waals surface area contributed by atoms with Gasteiger partial charge in [-0.1, -0.05) is 13.0 Å². The second-order valence-corrected chi connectivity index (χ2v) is 5.32. The van der Waals surface area contributed by atoms with Gasteiger partial charge < -0.3 is 14.6 Å². The van der Waals surface area contributed by atoms with E-state index in [9.17, 15) is 4.39 Å². The van der Waals surface area contributed by atoms with Crippen molar-refractivity contribution in [3.63, 3.8) is 0 Å². The van der Waals surface area contributed by atoms with Gasteiger partial charge in [-0.25, -0.2) is 4.39 Å². The van der Waals surface area contributed by atoms with Crippen molar-refractivity contribution in [3.8, 4) is 0 Å². The highest BCUT2D eigenvalue weighted by atomic mass is 19.1. The van der Waals surface area contributed by atoms with Crippen molar-refractivity contribution in [1.82, 2.24) is 5.32 Å². The fourth-order valence-corrected chi connectivity index (χ4v) is 2.30. The van der Waals surface area contributed by atoms with Crippen LogP contribution in [0.5, 0.6) is 0 Å². The van der Waals surface area contributed by atoms with Gasteiger partial charge in [-0.05, 0) is 49.7 Å². The summed E-state index contributed by atoms with van der Waals surface area (Å²) in [6.07, 6.45) is 2.69. The molecule has 114 valence electrons. The highest BCUT2D eigenvalue weighted by Gasteiger charge is 2.12. The van der Waals surface area contributed by atoms with Crippen molar-refractivity contribution in [3.05, 3.63) is 53.7 Å². The Morgan fingerprint density at radius 1 is 1.33 bits per heavy atom. The van der Waals surface area contributed by atoms with Crippen molar-refractivity contribution >= 4 is 5.69 Å². The Labute approximate surface area is 125 Å². The molecule has 0 amide bonds. The van der Waals surface area contributed by atoms with Crippen molar-refractivity contribution in [2.75, 3.05) is 18.5 Å². The number of nitrogens with one attached hydrogen (secondary N) is 1. The summed E-state index contributed by atoms with van der Waals surface area (Å²) >= 11 is 0. The average molecular weight is 290 g/mol. The minimum Gasteiger partial charge on any atom is -0.467 e. The van der Waals surface area contributed by atoms with Gasteiger partial charge in [-0.3, -0.25) is 0 Å². The van der Waals surface area contributed by atoms with Crippen LogP contribution in [-0.4, -0.2) is 13.6 Å². The number of nitrogens with zero attached hydrogens (tertiary/aromatic N) is 1. The maximum atomic E-state index is 14.3. The number of hydrogen-bond acceptors (Lipinski definition) is 3. The summed E-state index contributed by atoms with van der Waals surface area (Å²) in [4.78, 5) is 1.85. The zero-order chi connectivity index (χ0) is 15.2. The fourth-order valence-electron chi connectivity index (χ4n) is 2.30. The summed E-state index contributed by atoms with van der Waals surface area (Å²) in [7, 11) is 1.86. The van der Waals surface area contributed by atoms with Gasteiger partial charge >= 0.3 is 0 Å². The van der Waals surface area contributed by atoms with E-state index in [0.29, 0.717) is 12.2 Å². The number of halogens is 1. The smallest absolute Gasteiger partial charge is 0.146 e. The van der Waals surface area contributed by atoms with Gasteiger partial charge in [0, 0.05) is 13.1 Å². The lowest BCUT2D eigenvalue weighted by Gasteiger charge is -2.20. The minimum atomic E-state index is -0.202. The van der Waals surface area contributed by atoms with Gasteiger partial charge in [-0.2, -0.15) is 0 Å². The molecule has 0 saturated carbocycles. The second-order valence-electron chi connectivity index (χ2n) is 5.32. The Morgan fingerprint density at radius 3 is 2.76 bits per heavy atom. The van der Waals surface area contributed by atoms with Gasteiger partial charge in [0.05, 0.1) is 18.5 Å². The zero-order valence-electron chi connectivity index (χ0n) is 12.9. The molecular formula is C17H23FN2O. The molecule has 21 heavy (non-hydrogen) atoms.